The number of rotatable bonds is 5. The van der Waals surface area contributed by atoms with Gasteiger partial charge in [0.05, 0.1) is 22.3 Å². The molecule has 0 atom stereocenters. The lowest BCUT2D eigenvalue weighted by Gasteiger charge is -2.17. The predicted molar refractivity (Wildman–Crippen MR) is 87.8 cm³/mol. The van der Waals surface area contributed by atoms with Crippen molar-refractivity contribution in [1.82, 2.24) is 4.90 Å². The standard InChI is InChI=1S/C16H14Cl2F2N2O/c1-22(8-10-3-2-4-12(17)16(10)18)9-15(23)21-14-6-5-11(19)7-13(14)20/h2-7H,8-9H2,1H3,(H,21,23). The number of carbonyl (C=O) groups excluding carboxylic acids is 1. The van der Waals surface area contributed by atoms with Crippen LogP contribution in [0.5, 0.6) is 0 Å². The van der Waals surface area contributed by atoms with Gasteiger partial charge in [-0.05, 0) is 30.8 Å². The average molecular weight is 359 g/mol. The first kappa shape index (κ1) is 17.7. The summed E-state index contributed by atoms with van der Waals surface area (Å²) in [5.41, 5.74) is 0.716. The number of likely N-dealkylation sites (N-methyl/N-ethyl adjacent to an activating group) is 1. The number of benzene rings is 2. The molecule has 122 valence electrons. The van der Waals surface area contributed by atoms with Gasteiger partial charge in [-0.2, -0.15) is 0 Å². The molecule has 0 aromatic heterocycles. The van der Waals surface area contributed by atoms with Crippen LogP contribution < -0.4 is 5.32 Å². The first-order chi connectivity index (χ1) is 10.9. The van der Waals surface area contributed by atoms with Crippen molar-refractivity contribution in [3.8, 4) is 0 Å². The fraction of sp³-hybridized carbons (Fsp3) is 0.188. The maximum atomic E-state index is 13.5. The van der Waals surface area contributed by atoms with E-state index in [9.17, 15) is 13.6 Å². The lowest BCUT2D eigenvalue weighted by atomic mass is 10.2. The summed E-state index contributed by atoms with van der Waals surface area (Å²) < 4.78 is 26.3. The molecule has 23 heavy (non-hydrogen) atoms. The summed E-state index contributed by atoms with van der Waals surface area (Å²) in [5, 5.41) is 3.28. The van der Waals surface area contributed by atoms with Crippen LogP contribution in [0.25, 0.3) is 0 Å². The summed E-state index contributed by atoms with van der Waals surface area (Å²) in [5.74, 6) is -1.94. The fourth-order valence-corrected chi connectivity index (χ4v) is 2.42. The molecule has 1 N–H and O–H groups in total. The molecular formula is C16H14Cl2F2N2O. The Morgan fingerprint density at radius 3 is 2.65 bits per heavy atom. The number of anilines is 1. The van der Waals surface area contributed by atoms with E-state index in [1.807, 2.05) is 6.07 Å². The number of nitrogens with one attached hydrogen (secondary N) is 1. The van der Waals surface area contributed by atoms with Crippen LogP contribution in [0.3, 0.4) is 0 Å². The fourth-order valence-electron chi connectivity index (χ4n) is 2.04. The highest BCUT2D eigenvalue weighted by Gasteiger charge is 2.12. The third kappa shape index (κ3) is 4.89. The number of hydrogen-bond acceptors (Lipinski definition) is 2. The maximum absolute atomic E-state index is 13.5. The van der Waals surface area contributed by atoms with Crippen molar-refractivity contribution in [3.63, 3.8) is 0 Å². The van der Waals surface area contributed by atoms with E-state index in [1.54, 1.807) is 24.1 Å². The first-order valence-corrected chi connectivity index (χ1v) is 7.48. The summed E-state index contributed by atoms with van der Waals surface area (Å²) in [6.07, 6.45) is 0. The van der Waals surface area contributed by atoms with Gasteiger partial charge in [0.1, 0.15) is 11.6 Å². The molecule has 2 aromatic rings. The lowest BCUT2D eigenvalue weighted by molar-refractivity contribution is -0.117. The van der Waals surface area contributed by atoms with Crippen LogP contribution in [0.4, 0.5) is 14.5 Å². The molecule has 0 radical (unpaired) electrons. The molecule has 0 unspecified atom stereocenters. The molecule has 0 fully saturated rings. The third-order valence-electron chi connectivity index (χ3n) is 3.09. The van der Waals surface area contributed by atoms with Gasteiger partial charge in [0.2, 0.25) is 5.91 Å². The second kappa shape index (κ2) is 7.73. The Labute approximate surface area is 142 Å². The van der Waals surface area contributed by atoms with Crippen molar-refractivity contribution in [1.29, 1.82) is 0 Å². The minimum Gasteiger partial charge on any atom is -0.322 e. The SMILES string of the molecule is CN(CC(=O)Nc1ccc(F)cc1F)Cc1cccc(Cl)c1Cl. The number of carbonyl (C=O) groups is 1. The maximum Gasteiger partial charge on any atom is 0.238 e. The normalized spacial score (nSPS) is 10.9. The zero-order chi connectivity index (χ0) is 17.0. The second-order valence-electron chi connectivity index (χ2n) is 5.06. The predicted octanol–water partition coefficient (Wildman–Crippen LogP) is 4.34. The van der Waals surface area contributed by atoms with Crippen LogP contribution in [0.1, 0.15) is 5.56 Å². The van der Waals surface area contributed by atoms with Crippen LogP contribution in [-0.2, 0) is 11.3 Å². The molecule has 7 heteroatoms. The zero-order valence-electron chi connectivity index (χ0n) is 12.2. The molecule has 2 aromatic carbocycles. The van der Waals surface area contributed by atoms with E-state index < -0.39 is 17.5 Å². The van der Waals surface area contributed by atoms with E-state index in [-0.39, 0.29) is 12.2 Å². The molecule has 0 aliphatic heterocycles. The van der Waals surface area contributed by atoms with E-state index in [4.69, 9.17) is 23.2 Å². The molecule has 2 rings (SSSR count). The quantitative estimate of drug-likeness (QED) is 0.861. The Kier molecular flexibility index (Phi) is 5.93. The third-order valence-corrected chi connectivity index (χ3v) is 3.95. The lowest BCUT2D eigenvalue weighted by Crippen LogP contribution is -2.30. The molecule has 0 saturated carbocycles. The van der Waals surface area contributed by atoms with Gasteiger partial charge in [-0.3, -0.25) is 9.69 Å². The van der Waals surface area contributed by atoms with Crippen LogP contribution in [-0.4, -0.2) is 24.4 Å². The molecular weight excluding hydrogens is 345 g/mol. The Morgan fingerprint density at radius 1 is 1.22 bits per heavy atom. The van der Waals surface area contributed by atoms with Crippen molar-refractivity contribution in [3.05, 3.63) is 63.6 Å². The van der Waals surface area contributed by atoms with Crippen LogP contribution >= 0.6 is 23.2 Å². The largest absolute Gasteiger partial charge is 0.322 e. The molecule has 0 saturated heterocycles. The summed E-state index contributed by atoms with van der Waals surface area (Å²) in [6, 6.07) is 8.22. The van der Waals surface area contributed by atoms with Gasteiger partial charge in [-0.15, -0.1) is 0 Å². The highest BCUT2D eigenvalue weighted by molar-refractivity contribution is 6.42. The van der Waals surface area contributed by atoms with Crippen molar-refractivity contribution in [2.75, 3.05) is 18.9 Å². The highest BCUT2D eigenvalue weighted by atomic mass is 35.5. The van der Waals surface area contributed by atoms with Gasteiger partial charge in [0.25, 0.3) is 0 Å². The molecule has 0 spiro atoms. The van der Waals surface area contributed by atoms with Crippen molar-refractivity contribution >= 4 is 34.8 Å². The van der Waals surface area contributed by atoms with E-state index in [0.717, 1.165) is 11.6 Å². The van der Waals surface area contributed by atoms with Crippen LogP contribution in [0.15, 0.2) is 36.4 Å². The van der Waals surface area contributed by atoms with Gasteiger partial charge in [-0.1, -0.05) is 35.3 Å². The smallest absolute Gasteiger partial charge is 0.238 e. The first-order valence-electron chi connectivity index (χ1n) is 6.73. The summed E-state index contributed by atoms with van der Waals surface area (Å²) in [7, 11) is 1.72. The number of amides is 1. The van der Waals surface area contributed by atoms with Gasteiger partial charge in [0.15, 0.2) is 0 Å². The number of halogens is 4. The van der Waals surface area contributed by atoms with E-state index in [2.05, 4.69) is 5.32 Å². The number of hydrogen-bond donors (Lipinski definition) is 1. The van der Waals surface area contributed by atoms with Crippen LogP contribution in [0.2, 0.25) is 10.0 Å². The summed E-state index contributed by atoms with van der Waals surface area (Å²) >= 11 is 12.0. The second-order valence-corrected chi connectivity index (χ2v) is 5.84. The molecule has 1 amide bonds. The van der Waals surface area contributed by atoms with Crippen molar-refractivity contribution < 1.29 is 13.6 Å². The van der Waals surface area contributed by atoms with E-state index >= 15 is 0 Å². The van der Waals surface area contributed by atoms with Crippen molar-refractivity contribution in [2.45, 2.75) is 6.54 Å². The minimum absolute atomic E-state index is 0.0136. The Morgan fingerprint density at radius 2 is 1.96 bits per heavy atom. The van der Waals surface area contributed by atoms with E-state index in [1.165, 1.54) is 6.07 Å². The van der Waals surface area contributed by atoms with Crippen LogP contribution in [0, 0.1) is 11.6 Å². The zero-order valence-corrected chi connectivity index (χ0v) is 13.8. The molecule has 0 heterocycles. The molecule has 0 aliphatic carbocycles. The van der Waals surface area contributed by atoms with Crippen molar-refractivity contribution in [2.24, 2.45) is 0 Å². The monoisotopic (exact) mass is 358 g/mol. The Hall–Kier alpha value is -1.69. The number of nitrogens with zero attached hydrogens (tertiary/aromatic N) is 1. The van der Waals surface area contributed by atoms with E-state index in [0.29, 0.717) is 22.7 Å². The Balaban J connectivity index is 1.95. The summed E-state index contributed by atoms with van der Waals surface area (Å²) in [4.78, 5) is 13.6. The minimum atomic E-state index is -0.820. The average Bonchev–Trinajstić information content (AvgIpc) is 2.47. The van der Waals surface area contributed by atoms with Gasteiger partial charge < -0.3 is 5.32 Å². The highest BCUT2D eigenvalue weighted by Crippen LogP contribution is 2.26. The van der Waals surface area contributed by atoms with Gasteiger partial charge >= 0.3 is 0 Å². The van der Waals surface area contributed by atoms with Gasteiger partial charge in [-0.25, -0.2) is 8.78 Å². The van der Waals surface area contributed by atoms with Gasteiger partial charge in [0, 0.05) is 12.6 Å². The topological polar surface area (TPSA) is 32.3 Å². The Bertz CT molecular complexity index is 725. The molecule has 3 nitrogen and oxygen atoms in total. The molecule has 0 aliphatic rings. The summed E-state index contributed by atoms with van der Waals surface area (Å²) in [6.45, 7) is 0.415. The molecule has 0 bridgehead atoms.